The molecule has 2 aromatic rings. The number of H-pyrrole nitrogens is 1. The fourth-order valence-corrected chi connectivity index (χ4v) is 6.44. The third kappa shape index (κ3) is 2.75. The zero-order valence-electron chi connectivity index (χ0n) is 16.2. The molecule has 1 amide bonds. The first kappa shape index (κ1) is 17.5. The average molecular weight is 383 g/mol. The molecule has 9 heteroatoms. The summed E-state index contributed by atoms with van der Waals surface area (Å²) in [5, 5.41) is 15.8. The summed E-state index contributed by atoms with van der Waals surface area (Å²) in [5.74, 6) is 1.59. The molecule has 4 atom stereocenters. The lowest BCUT2D eigenvalue weighted by molar-refractivity contribution is -0.130. The molecule has 0 radical (unpaired) electrons. The zero-order valence-corrected chi connectivity index (χ0v) is 16.2. The predicted molar refractivity (Wildman–Crippen MR) is 99.4 cm³/mol. The highest BCUT2D eigenvalue weighted by molar-refractivity contribution is 5.79. The molecular weight excluding hydrogens is 358 g/mol. The Morgan fingerprint density at radius 2 is 2.04 bits per heavy atom. The van der Waals surface area contributed by atoms with Crippen LogP contribution in [0.3, 0.4) is 0 Å². The minimum absolute atomic E-state index is 0.0557. The van der Waals surface area contributed by atoms with Crippen LogP contribution < -0.4 is 10.9 Å². The largest absolute Gasteiger partial charge is 0.350 e. The topological polar surface area (TPSA) is 118 Å². The van der Waals surface area contributed by atoms with Crippen molar-refractivity contribution in [3.63, 3.8) is 0 Å². The van der Waals surface area contributed by atoms with Crippen molar-refractivity contribution >= 4 is 5.91 Å². The lowest BCUT2D eigenvalue weighted by Crippen LogP contribution is -2.66. The Bertz CT molecular complexity index is 967. The number of aromatic nitrogens is 6. The molecule has 4 aliphatic rings. The van der Waals surface area contributed by atoms with Gasteiger partial charge in [0.2, 0.25) is 5.91 Å². The van der Waals surface area contributed by atoms with Gasteiger partial charge in [-0.2, -0.15) is 4.80 Å². The van der Waals surface area contributed by atoms with E-state index in [9.17, 15) is 9.59 Å². The number of tetrazole rings is 1. The highest BCUT2D eigenvalue weighted by Gasteiger charge is 2.60. The summed E-state index contributed by atoms with van der Waals surface area (Å²) in [5.41, 5.74) is 0.444. The molecule has 9 nitrogen and oxygen atoms in total. The molecule has 0 aliphatic heterocycles. The van der Waals surface area contributed by atoms with Crippen LogP contribution in [-0.4, -0.2) is 41.6 Å². The van der Waals surface area contributed by atoms with E-state index in [0.29, 0.717) is 28.9 Å². The van der Waals surface area contributed by atoms with Crippen LogP contribution in [-0.2, 0) is 16.8 Å². The van der Waals surface area contributed by atoms with E-state index in [0.717, 1.165) is 32.1 Å². The number of carbonyl (C=O) groups excluding carboxylic acids is 1. The number of rotatable bonds is 4. The number of hydrogen-bond donors (Lipinski definition) is 2. The molecule has 28 heavy (non-hydrogen) atoms. The third-order valence-electron chi connectivity index (χ3n) is 6.89. The van der Waals surface area contributed by atoms with Gasteiger partial charge in [0.05, 0.1) is 12.0 Å². The molecular formula is C19H25N7O2. The smallest absolute Gasteiger partial charge is 0.254 e. The van der Waals surface area contributed by atoms with Crippen molar-refractivity contribution in [2.45, 2.75) is 69.9 Å². The van der Waals surface area contributed by atoms with Crippen molar-refractivity contribution in [3.05, 3.63) is 33.8 Å². The fraction of sp³-hybridized carbons (Fsp3) is 0.684. The quantitative estimate of drug-likeness (QED) is 0.805. The Labute approximate surface area is 162 Å². The van der Waals surface area contributed by atoms with Gasteiger partial charge in [-0.3, -0.25) is 9.59 Å². The first-order valence-corrected chi connectivity index (χ1v) is 9.97. The lowest BCUT2D eigenvalue weighted by atomic mass is 9.50. The molecule has 4 aliphatic carbocycles. The molecule has 4 saturated carbocycles. The number of amides is 1. The second-order valence-electron chi connectivity index (χ2n) is 9.13. The Balaban J connectivity index is 1.39. The van der Waals surface area contributed by atoms with Gasteiger partial charge in [0, 0.05) is 16.8 Å². The van der Waals surface area contributed by atoms with Gasteiger partial charge in [-0.05, 0) is 69.4 Å². The number of aryl methyl sites for hydroxylation is 2. The highest BCUT2D eigenvalue weighted by atomic mass is 16.2. The van der Waals surface area contributed by atoms with Crippen molar-refractivity contribution in [3.8, 4) is 0 Å². The summed E-state index contributed by atoms with van der Waals surface area (Å²) < 4.78 is 0. The first-order chi connectivity index (χ1) is 13.4. The Kier molecular flexibility index (Phi) is 3.73. The van der Waals surface area contributed by atoms with Gasteiger partial charge in [0.1, 0.15) is 5.82 Å². The summed E-state index contributed by atoms with van der Waals surface area (Å²) in [6.07, 6.45) is 7.69. The van der Waals surface area contributed by atoms with E-state index in [4.69, 9.17) is 0 Å². The van der Waals surface area contributed by atoms with Crippen LogP contribution >= 0.6 is 0 Å². The van der Waals surface area contributed by atoms with Gasteiger partial charge in [0.15, 0.2) is 6.33 Å². The van der Waals surface area contributed by atoms with E-state index in [-0.39, 0.29) is 29.0 Å². The van der Waals surface area contributed by atoms with Crippen LogP contribution in [0, 0.1) is 25.7 Å². The van der Waals surface area contributed by atoms with Crippen LogP contribution in [0.15, 0.2) is 11.1 Å². The Morgan fingerprint density at radius 1 is 1.29 bits per heavy atom. The minimum Gasteiger partial charge on any atom is -0.350 e. The van der Waals surface area contributed by atoms with Crippen LogP contribution in [0.5, 0.6) is 0 Å². The molecule has 4 fully saturated rings. The van der Waals surface area contributed by atoms with E-state index in [2.05, 4.69) is 30.7 Å². The van der Waals surface area contributed by atoms with Crippen LogP contribution in [0.25, 0.3) is 0 Å². The number of nitrogens with zero attached hydrogens (tertiary/aromatic N) is 5. The number of carbonyl (C=O) groups is 1. The molecule has 0 saturated heterocycles. The lowest BCUT2D eigenvalue weighted by Gasteiger charge is -2.61. The molecule has 2 unspecified atom stereocenters. The molecule has 2 N–H and O–H groups in total. The van der Waals surface area contributed by atoms with Crippen LogP contribution in [0.4, 0.5) is 0 Å². The van der Waals surface area contributed by atoms with Gasteiger partial charge in [-0.15, -0.1) is 10.2 Å². The van der Waals surface area contributed by atoms with Crippen molar-refractivity contribution < 1.29 is 4.79 Å². The van der Waals surface area contributed by atoms with E-state index >= 15 is 0 Å². The summed E-state index contributed by atoms with van der Waals surface area (Å²) in [7, 11) is 0. The third-order valence-corrected chi connectivity index (χ3v) is 6.89. The fourth-order valence-electron chi connectivity index (χ4n) is 6.44. The zero-order chi connectivity index (χ0) is 19.5. The number of aromatic amines is 1. The average Bonchev–Trinajstić information content (AvgIpc) is 3.12. The van der Waals surface area contributed by atoms with E-state index < -0.39 is 0 Å². The molecule has 0 spiro atoms. The van der Waals surface area contributed by atoms with Gasteiger partial charge in [0.25, 0.3) is 5.56 Å². The van der Waals surface area contributed by atoms with E-state index in [1.165, 1.54) is 12.7 Å². The van der Waals surface area contributed by atoms with Crippen LogP contribution in [0.1, 0.15) is 55.6 Å². The standard InChI is InChI=1S/C19H25N7O2/c1-11-15(17(28)23-12(2)22-11)4-16(27)24-18-5-13-3-14(6-18)8-19(7-13,9-18)26-21-10-20-25-26/h10,13-14H,3-9H2,1-2H3,(H,24,27)(H,22,23,28)/t13-,14+,18?,19?. The number of nitrogens with one attached hydrogen (secondary N) is 2. The van der Waals surface area contributed by atoms with Crippen LogP contribution in [0.2, 0.25) is 0 Å². The molecule has 0 aromatic carbocycles. The Morgan fingerprint density at radius 3 is 2.68 bits per heavy atom. The van der Waals surface area contributed by atoms with Gasteiger partial charge >= 0.3 is 0 Å². The Hall–Kier alpha value is -2.58. The van der Waals surface area contributed by atoms with Crippen molar-refractivity contribution in [2.75, 3.05) is 0 Å². The van der Waals surface area contributed by atoms with Crippen molar-refractivity contribution in [1.29, 1.82) is 0 Å². The van der Waals surface area contributed by atoms with Gasteiger partial charge in [-0.1, -0.05) is 0 Å². The second kappa shape index (κ2) is 5.96. The molecule has 148 valence electrons. The van der Waals surface area contributed by atoms with Gasteiger partial charge < -0.3 is 10.3 Å². The van der Waals surface area contributed by atoms with Crippen molar-refractivity contribution in [2.24, 2.45) is 11.8 Å². The highest BCUT2D eigenvalue weighted by Crippen LogP contribution is 2.60. The summed E-state index contributed by atoms with van der Waals surface area (Å²) in [4.78, 5) is 34.0. The second-order valence-corrected chi connectivity index (χ2v) is 9.13. The van der Waals surface area contributed by atoms with Gasteiger partial charge in [-0.25, -0.2) is 4.98 Å². The number of hydrogen-bond acceptors (Lipinski definition) is 6. The summed E-state index contributed by atoms with van der Waals surface area (Å²) in [6, 6.07) is 0. The van der Waals surface area contributed by atoms with E-state index in [1.807, 2.05) is 0 Å². The molecule has 6 rings (SSSR count). The monoisotopic (exact) mass is 383 g/mol. The molecule has 2 aromatic heterocycles. The molecule has 4 bridgehead atoms. The maximum Gasteiger partial charge on any atom is 0.254 e. The minimum atomic E-state index is -0.242. The normalized spacial score (nSPS) is 33.2. The predicted octanol–water partition coefficient (Wildman–Crippen LogP) is 0.780. The summed E-state index contributed by atoms with van der Waals surface area (Å²) in [6.45, 7) is 3.52. The maximum absolute atomic E-state index is 12.9. The maximum atomic E-state index is 12.9. The molecule has 2 heterocycles. The van der Waals surface area contributed by atoms with E-state index in [1.54, 1.807) is 18.6 Å². The SMILES string of the molecule is Cc1nc(C)c(CC(=O)NC23C[C@H]4C[C@@H](C2)CC(n2ncnn2)(C4)C3)c(=O)[nH]1. The van der Waals surface area contributed by atoms with Crippen molar-refractivity contribution in [1.82, 2.24) is 35.5 Å². The summed E-state index contributed by atoms with van der Waals surface area (Å²) >= 11 is 0. The first-order valence-electron chi connectivity index (χ1n) is 9.97.